The number of aromatic amines is 1. The normalized spacial score (nSPS) is 10.8. The molecule has 1 aromatic heterocycles. The third-order valence-electron chi connectivity index (χ3n) is 3.62. The van der Waals surface area contributed by atoms with E-state index in [1.165, 1.54) is 13.3 Å². The summed E-state index contributed by atoms with van der Waals surface area (Å²) < 4.78 is 4.63. The molecule has 1 heterocycles. The predicted octanol–water partition coefficient (Wildman–Crippen LogP) is 1.90. The molecular formula is C17H20N4O3. The number of rotatable bonds is 6. The number of amides is 1. The first-order valence-electron chi connectivity index (χ1n) is 7.52. The van der Waals surface area contributed by atoms with Crippen LogP contribution in [0.3, 0.4) is 0 Å². The number of nitrogens with one attached hydrogen (secondary N) is 2. The van der Waals surface area contributed by atoms with Gasteiger partial charge in [-0.15, -0.1) is 0 Å². The van der Waals surface area contributed by atoms with Crippen LogP contribution in [0.4, 0.5) is 0 Å². The number of hydrogen-bond acceptors (Lipinski definition) is 5. The van der Waals surface area contributed by atoms with Gasteiger partial charge in [0.15, 0.2) is 0 Å². The van der Waals surface area contributed by atoms with Gasteiger partial charge in [-0.3, -0.25) is 9.89 Å². The smallest absolute Gasteiger partial charge is 0.337 e. The summed E-state index contributed by atoms with van der Waals surface area (Å²) in [5.74, 6) is -0.561. The van der Waals surface area contributed by atoms with Crippen LogP contribution in [-0.4, -0.2) is 35.4 Å². The van der Waals surface area contributed by atoms with E-state index < -0.39 is 5.97 Å². The Hall–Kier alpha value is -2.96. The Balaban J connectivity index is 1.83. The summed E-state index contributed by atoms with van der Waals surface area (Å²) in [6.45, 7) is 3.84. The summed E-state index contributed by atoms with van der Waals surface area (Å²) in [4.78, 5) is 23.1. The van der Waals surface area contributed by atoms with Crippen LogP contribution in [0.5, 0.6) is 0 Å². The van der Waals surface area contributed by atoms with E-state index in [0.717, 1.165) is 22.5 Å². The fourth-order valence-electron chi connectivity index (χ4n) is 2.24. The molecule has 0 aliphatic heterocycles. The maximum absolute atomic E-state index is 11.8. The minimum Gasteiger partial charge on any atom is -0.465 e. The van der Waals surface area contributed by atoms with Crippen molar-refractivity contribution >= 4 is 18.1 Å². The Morgan fingerprint density at radius 2 is 2.00 bits per heavy atom. The number of hydrazone groups is 1. The SMILES string of the molecule is COC(=O)c1ccc(/C=N\NC(=O)CCc2c(C)n[nH]c2C)cc1. The lowest BCUT2D eigenvalue weighted by Gasteiger charge is -2.01. The summed E-state index contributed by atoms with van der Waals surface area (Å²) >= 11 is 0. The minimum absolute atomic E-state index is 0.169. The molecule has 7 nitrogen and oxygen atoms in total. The molecule has 0 aliphatic carbocycles. The highest BCUT2D eigenvalue weighted by atomic mass is 16.5. The standard InChI is InChI=1S/C17H20N4O3/c1-11-15(12(2)20-19-11)8-9-16(22)21-18-10-13-4-6-14(7-5-13)17(23)24-3/h4-7,10H,8-9H2,1-3H3,(H,19,20)(H,21,22)/b18-10-. The van der Waals surface area contributed by atoms with E-state index >= 15 is 0 Å². The Labute approximate surface area is 140 Å². The molecule has 126 valence electrons. The Morgan fingerprint density at radius 1 is 1.29 bits per heavy atom. The maximum atomic E-state index is 11.8. The quantitative estimate of drug-likeness (QED) is 0.481. The van der Waals surface area contributed by atoms with E-state index in [1.807, 2.05) is 13.8 Å². The first-order valence-corrected chi connectivity index (χ1v) is 7.52. The number of aryl methyl sites for hydroxylation is 2. The van der Waals surface area contributed by atoms with Crippen LogP contribution in [0.2, 0.25) is 0 Å². The largest absolute Gasteiger partial charge is 0.465 e. The average Bonchev–Trinajstić information content (AvgIpc) is 2.91. The van der Waals surface area contributed by atoms with E-state index in [1.54, 1.807) is 24.3 Å². The lowest BCUT2D eigenvalue weighted by molar-refractivity contribution is -0.121. The van der Waals surface area contributed by atoms with Crippen LogP contribution < -0.4 is 5.43 Å². The molecule has 0 spiro atoms. The number of ether oxygens (including phenoxy) is 1. The van der Waals surface area contributed by atoms with Gasteiger partial charge in [0.05, 0.1) is 24.6 Å². The van der Waals surface area contributed by atoms with Gasteiger partial charge in [0.1, 0.15) is 0 Å². The average molecular weight is 328 g/mol. The van der Waals surface area contributed by atoms with Gasteiger partial charge in [-0.05, 0) is 43.5 Å². The van der Waals surface area contributed by atoms with Crippen molar-refractivity contribution in [3.8, 4) is 0 Å². The second-order valence-corrected chi connectivity index (χ2v) is 5.32. The molecule has 0 bridgehead atoms. The maximum Gasteiger partial charge on any atom is 0.337 e. The first kappa shape index (κ1) is 17.4. The zero-order chi connectivity index (χ0) is 17.5. The van der Waals surface area contributed by atoms with Crippen molar-refractivity contribution in [3.63, 3.8) is 0 Å². The number of methoxy groups -OCH3 is 1. The molecule has 1 amide bonds. The fourth-order valence-corrected chi connectivity index (χ4v) is 2.24. The number of aromatic nitrogens is 2. The molecular weight excluding hydrogens is 308 g/mol. The van der Waals surface area contributed by atoms with Crippen LogP contribution in [-0.2, 0) is 16.0 Å². The summed E-state index contributed by atoms with van der Waals surface area (Å²) in [6, 6.07) is 6.72. The number of esters is 1. The van der Waals surface area contributed by atoms with E-state index in [9.17, 15) is 9.59 Å². The van der Waals surface area contributed by atoms with Gasteiger partial charge in [-0.2, -0.15) is 10.2 Å². The van der Waals surface area contributed by atoms with Crippen LogP contribution >= 0.6 is 0 Å². The molecule has 1 aromatic carbocycles. The van der Waals surface area contributed by atoms with Crippen LogP contribution in [0.15, 0.2) is 29.4 Å². The predicted molar refractivity (Wildman–Crippen MR) is 89.9 cm³/mol. The summed E-state index contributed by atoms with van der Waals surface area (Å²) in [6.07, 6.45) is 2.47. The van der Waals surface area contributed by atoms with E-state index in [2.05, 4.69) is 25.5 Å². The third-order valence-corrected chi connectivity index (χ3v) is 3.62. The lowest BCUT2D eigenvalue weighted by Crippen LogP contribution is -2.18. The topological polar surface area (TPSA) is 96.4 Å². The van der Waals surface area contributed by atoms with Gasteiger partial charge < -0.3 is 4.74 Å². The monoisotopic (exact) mass is 328 g/mol. The summed E-state index contributed by atoms with van der Waals surface area (Å²) in [7, 11) is 1.33. The fraction of sp³-hybridized carbons (Fsp3) is 0.294. The van der Waals surface area contributed by atoms with E-state index in [-0.39, 0.29) is 5.91 Å². The molecule has 0 unspecified atom stereocenters. The van der Waals surface area contributed by atoms with Gasteiger partial charge in [0.2, 0.25) is 5.91 Å². The molecule has 0 radical (unpaired) electrons. The second kappa shape index (κ2) is 8.05. The number of carbonyl (C=O) groups is 2. The van der Waals surface area contributed by atoms with Crippen molar-refractivity contribution < 1.29 is 14.3 Å². The summed E-state index contributed by atoms with van der Waals surface area (Å²) in [5, 5.41) is 10.9. The van der Waals surface area contributed by atoms with Gasteiger partial charge in [0, 0.05) is 12.1 Å². The number of benzene rings is 1. The van der Waals surface area contributed by atoms with Crippen molar-refractivity contribution in [3.05, 3.63) is 52.3 Å². The molecule has 7 heteroatoms. The minimum atomic E-state index is -0.392. The zero-order valence-corrected chi connectivity index (χ0v) is 13.9. The highest BCUT2D eigenvalue weighted by Gasteiger charge is 2.08. The Bertz CT molecular complexity index is 728. The molecule has 0 saturated carbocycles. The highest BCUT2D eigenvalue weighted by molar-refractivity contribution is 5.90. The summed E-state index contributed by atoms with van der Waals surface area (Å²) in [5.41, 5.74) is 6.68. The van der Waals surface area contributed by atoms with E-state index in [0.29, 0.717) is 18.4 Å². The number of H-pyrrole nitrogens is 1. The molecule has 2 aromatic rings. The molecule has 0 atom stereocenters. The zero-order valence-electron chi connectivity index (χ0n) is 13.9. The molecule has 2 rings (SSSR count). The number of nitrogens with zero attached hydrogens (tertiary/aromatic N) is 2. The second-order valence-electron chi connectivity index (χ2n) is 5.32. The molecule has 0 fully saturated rings. The van der Waals surface area contributed by atoms with E-state index in [4.69, 9.17) is 0 Å². The van der Waals surface area contributed by atoms with Crippen molar-refractivity contribution in [2.24, 2.45) is 5.10 Å². The van der Waals surface area contributed by atoms with Gasteiger partial charge >= 0.3 is 5.97 Å². The number of hydrogen-bond donors (Lipinski definition) is 2. The molecule has 0 saturated heterocycles. The van der Waals surface area contributed by atoms with Crippen molar-refractivity contribution in [1.82, 2.24) is 15.6 Å². The Kier molecular flexibility index (Phi) is 5.83. The van der Waals surface area contributed by atoms with Gasteiger partial charge in [-0.25, -0.2) is 10.2 Å². The molecule has 0 aliphatic rings. The molecule has 2 N–H and O–H groups in total. The van der Waals surface area contributed by atoms with Gasteiger partial charge in [-0.1, -0.05) is 12.1 Å². The Morgan fingerprint density at radius 3 is 2.58 bits per heavy atom. The van der Waals surface area contributed by atoms with Crippen LogP contribution in [0, 0.1) is 13.8 Å². The van der Waals surface area contributed by atoms with Crippen LogP contribution in [0.1, 0.15) is 39.3 Å². The van der Waals surface area contributed by atoms with Crippen molar-refractivity contribution in [2.45, 2.75) is 26.7 Å². The number of carbonyl (C=O) groups excluding carboxylic acids is 2. The highest BCUT2D eigenvalue weighted by Crippen LogP contribution is 2.11. The first-order chi connectivity index (χ1) is 11.5. The third kappa shape index (κ3) is 4.52. The molecule has 24 heavy (non-hydrogen) atoms. The van der Waals surface area contributed by atoms with Crippen LogP contribution in [0.25, 0.3) is 0 Å². The lowest BCUT2D eigenvalue weighted by atomic mass is 10.1. The van der Waals surface area contributed by atoms with Crippen molar-refractivity contribution in [1.29, 1.82) is 0 Å². The van der Waals surface area contributed by atoms with Gasteiger partial charge in [0.25, 0.3) is 0 Å². The van der Waals surface area contributed by atoms with Crippen molar-refractivity contribution in [2.75, 3.05) is 7.11 Å².